The number of anilines is 1. The van der Waals surface area contributed by atoms with Crippen LogP contribution >= 0.6 is 35.3 Å². The van der Waals surface area contributed by atoms with Crippen LogP contribution in [0.3, 0.4) is 0 Å². The van der Waals surface area contributed by atoms with Crippen molar-refractivity contribution < 1.29 is 9.18 Å². The molecule has 2 aromatic carbocycles. The molecule has 1 heterocycles. The van der Waals surface area contributed by atoms with Crippen molar-refractivity contribution in [2.75, 3.05) is 11.1 Å². The Kier molecular flexibility index (Phi) is 6.64. The van der Waals surface area contributed by atoms with Crippen LogP contribution in [-0.4, -0.2) is 21.4 Å². The van der Waals surface area contributed by atoms with E-state index >= 15 is 0 Å². The Bertz CT molecular complexity index is 1040. The molecule has 0 saturated carbocycles. The van der Waals surface area contributed by atoms with E-state index in [9.17, 15) is 9.18 Å². The van der Waals surface area contributed by atoms with E-state index in [2.05, 4.69) is 24.3 Å². The molecule has 146 valence electrons. The summed E-state index contributed by atoms with van der Waals surface area (Å²) in [5, 5.41) is 7.48. The molecule has 1 aromatic heterocycles. The first kappa shape index (κ1) is 20.7. The SMILES string of the molecule is Cc1cccc(C(C)C)c1NC(=O)CSc1nn(-c2ccc(F)cc2)c(=S)s1. The number of rotatable bonds is 6. The first-order valence-corrected chi connectivity index (χ1v) is 10.9. The van der Waals surface area contributed by atoms with Crippen molar-refractivity contribution >= 4 is 46.9 Å². The Morgan fingerprint density at radius 2 is 2.00 bits per heavy atom. The highest BCUT2D eigenvalue weighted by Gasteiger charge is 2.14. The van der Waals surface area contributed by atoms with Crippen LogP contribution in [0.2, 0.25) is 0 Å². The number of nitrogens with zero attached hydrogens (tertiary/aromatic N) is 2. The van der Waals surface area contributed by atoms with Crippen molar-refractivity contribution in [3.8, 4) is 5.69 Å². The predicted octanol–water partition coefficient (Wildman–Crippen LogP) is 5.97. The second-order valence-corrected chi connectivity index (χ2v) is 9.40. The van der Waals surface area contributed by atoms with Crippen LogP contribution in [0.15, 0.2) is 46.8 Å². The van der Waals surface area contributed by atoms with Crippen LogP contribution in [0.4, 0.5) is 10.1 Å². The number of hydrogen-bond acceptors (Lipinski definition) is 5. The van der Waals surface area contributed by atoms with E-state index in [-0.39, 0.29) is 17.5 Å². The van der Waals surface area contributed by atoms with Gasteiger partial charge in [0.25, 0.3) is 0 Å². The zero-order valence-corrected chi connectivity index (χ0v) is 18.2. The highest BCUT2D eigenvalue weighted by Crippen LogP contribution is 2.28. The third-order valence-electron chi connectivity index (χ3n) is 4.12. The number of para-hydroxylation sites is 1. The number of carbonyl (C=O) groups excluding carboxylic acids is 1. The van der Waals surface area contributed by atoms with Crippen molar-refractivity contribution in [3.05, 3.63) is 63.4 Å². The van der Waals surface area contributed by atoms with Gasteiger partial charge >= 0.3 is 0 Å². The summed E-state index contributed by atoms with van der Waals surface area (Å²) < 4.78 is 15.9. The van der Waals surface area contributed by atoms with Gasteiger partial charge in [0.15, 0.2) is 8.29 Å². The quantitative estimate of drug-likeness (QED) is 0.385. The normalized spacial score (nSPS) is 11.0. The molecule has 28 heavy (non-hydrogen) atoms. The maximum Gasteiger partial charge on any atom is 0.234 e. The summed E-state index contributed by atoms with van der Waals surface area (Å²) in [6.45, 7) is 6.20. The van der Waals surface area contributed by atoms with Crippen LogP contribution in [0.5, 0.6) is 0 Å². The van der Waals surface area contributed by atoms with Crippen LogP contribution < -0.4 is 5.32 Å². The molecule has 0 bridgehead atoms. The van der Waals surface area contributed by atoms with Crippen molar-refractivity contribution in [1.82, 2.24) is 9.78 Å². The minimum Gasteiger partial charge on any atom is -0.325 e. The number of amides is 1. The maximum absolute atomic E-state index is 13.1. The summed E-state index contributed by atoms with van der Waals surface area (Å²) in [7, 11) is 0. The average molecular weight is 434 g/mol. The number of carbonyl (C=O) groups is 1. The van der Waals surface area contributed by atoms with Crippen molar-refractivity contribution in [3.63, 3.8) is 0 Å². The van der Waals surface area contributed by atoms with Crippen LogP contribution in [0, 0.1) is 16.7 Å². The Labute approximate surface area is 176 Å². The molecule has 4 nitrogen and oxygen atoms in total. The summed E-state index contributed by atoms with van der Waals surface area (Å²) in [6, 6.07) is 12.0. The second kappa shape index (κ2) is 8.98. The molecule has 0 radical (unpaired) electrons. The van der Waals surface area contributed by atoms with Gasteiger partial charge in [-0.15, -0.1) is 5.10 Å². The Hall–Kier alpha value is -2.03. The summed E-state index contributed by atoms with van der Waals surface area (Å²) in [5.74, 6) is 0.154. The lowest BCUT2D eigenvalue weighted by atomic mass is 9.98. The standard InChI is InChI=1S/C20H20FN3OS3/c1-12(2)16-6-4-5-13(3)18(16)22-17(25)11-27-19-23-24(20(26)28-19)15-9-7-14(21)8-10-15/h4-10,12H,11H2,1-3H3,(H,22,25). The molecule has 0 aliphatic rings. The summed E-state index contributed by atoms with van der Waals surface area (Å²) in [5.41, 5.74) is 3.74. The van der Waals surface area contributed by atoms with E-state index in [1.165, 1.54) is 35.2 Å². The van der Waals surface area contributed by atoms with E-state index in [0.717, 1.165) is 16.8 Å². The molecule has 1 amide bonds. The Balaban J connectivity index is 1.69. The Morgan fingerprint density at radius 1 is 1.29 bits per heavy atom. The molecule has 0 fully saturated rings. The molecule has 8 heteroatoms. The molecule has 0 atom stereocenters. The fourth-order valence-corrected chi connectivity index (χ4v) is 4.87. The van der Waals surface area contributed by atoms with Crippen LogP contribution in [0.25, 0.3) is 5.69 Å². The highest BCUT2D eigenvalue weighted by molar-refractivity contribution is 8.01. The molecule has 1 N–H and O–H groups in total. The van der Waals surface area contributed by atoms with Gasteiger partial charge in [-0.1, -0.05) is 55.1 Å². The van der Waals surface area contributed by atoms with Gasteiger partial charge in [-0.05, 0) is 60.5 Å². The van der Waals surface area contributed by atoms with Gasteiger partial charge in [-0.2, -0.15) is 0 Å². The second-order valence-electron chi connectivity index (χ2n) is 6.55. The number of aryl methyl sites for hydroxylation is 1. The summed E-state index contributed by atoms with van der Waals surface area (Å²) in [6.07, 6.45) is 0. The third kappa shape index (κ3) is 4.87. The number of halogens is 1. The molecular formula is C20H20FN3OS3. The summed E-state index contributed by atoms with van der Waals surface area (Å²) in [4.78, 5) is 12.5. The van der Waals surface area contributed by atoms with E-state index in [1.54, 1.807) is 16.8 Å². The summed E-state index contributed by atoms with van der Waals surface area (Å²) >= 11 is 8.01. The van der Waals surface area contributed by atoms with Gasteiger partial charge < -0.3 is 5.32 Å². The molecule has 0 aliphatic heterocycles. The third-order valence-corrected chi connectivity index (χ3v) is 6.48. The number of thioether (sulfide) groups is 1. The van der Waals surface area contributed by atoms with Gasteiger partial charge in [0, 0.05) is 5.69 Å². The topological polar surface area (TPSA) is 46.9 Å². The predicted molar refractivity (Wildman–Crippen MR) is 117 cm³/mol. The van der Waals surface area contributed by atoms with E-state index in [1.807, 2.05) is 25.1 Å². The van der Waals surface area contributed by atoms with E-state index < -0.39 is 0 Å². The van der Waals surface area contributed by atoms with E-state index in [4.69, 9.17) is 12.2 Å². The average Bonchev–Trinajstić information content (AvgIpc) is 3.03. The van der Waals surface area contributed by atoms with Crippen molar-refractivity contribution in [2.45, 2.75) is 31.0 Å². The molecule has 0 spiro atoms. The minimum absolute atomic E-state index is 0.0874. The highest BCUT2D eigenvalue weighted by atomic mass is 32.2. The zero-order valence-electron chi connectivity index (χ0n) is 15.7. The van der Waals surface area contributed by atoms with Gasteiger partial charge in [-0.3, -0.25) is 4.79 Å². The van der Waals surface area contributed by atoms with Crippen molar-refractivity contribution in [2.24, 2.45) is 0 Å². The largest absolute Gasteiger partial charge is 0.325 e. The number of aromatic nitrogens is 2. The smallest absolute Gasteiger partial charge is 0.234 e. The molecular weight excluding hydrogens is 413 g/mol. The molecule has 0 aliphatic carbocycles. The lowest BCUT2D eigenvalue weighted by Crippen LogP contribution is -2.16. The molecule has 3 aromatic rings. The van der Waals surface area contributed by atoms with Crippen LogP contribution in [-0.2, 0) is 4.79 Å². The minimum atomic E-state index is -0.311. The fourth-order valence-electron chi connectivity index (χ4n) is 2.71. The number of benzene rings is 2. The maximum atomic E-state index is 13.1. The van der Waals surface area contributed by atoms with Gasteiger partial charge in [0.1, 0.15) is 5.82 Å². The van der Waals surface area contributed by atoms with Gasteiger partial charge in [-0.25, -0.2) is 9.07 Å². The Morgan fingerprint density at radius 3 is 2.68 bits per heavy atom. The lowest BCUT2D eigenvalue weighted by molar-refractivity contribution is -0.113. The van der Waals surface area contributed by atoms with Crippen molar-refractivity contribution in [1.29, 1.82) is 0 Å². The molecule has 0 saturated heterocycles. The fraction of sp³-hybridized carbons (Fsp3) is 0.250. The van der Waals surface area contributed by atoms with Crippen LogP contribution in [0.1, 0.15) is 30.9 Å². The monoisotopic (exact) mass is 433 g/mol. The first-order valence-electron chi connectivity index (χ1n) is 8.73. The lowest BCUT2D eigenvalue weighted by Gasteiger charge is -2.16. The molecule has 3 rings (SSSR count). The first-order chi connectivity index (χ1) is 13.3. The van der Waals surface area contributed by atoms with E-state index in [0.29, 0.717) is 19.9 Å². The number of nitrogens with one attached hydrogen (secondary N) is 1. The van der Waals surface area contributed by atoms with Gasteiger partial charge in [0.05, 0.1) is 11.4 Å². The number of hydrogen-bond donors (Lipinski definition) is 1. The zero-order chi connectivity index (χ0) is 20.3. The molecule has 0 unspecified atom stereocenters. The van der Waals surface area contributed by atoms with Gasteiger partial charge in [0.2, 0.25) is 5.91 Å².